The molecule has 1 aliphatic heterocycles. The molecule has 1 saturated heterocycles. The minimum atomic E-state index is -1.00. The van der Waals surface area contributed by atoms with Crippen molar-refractivity contribution in [1.82, 2.24) is 14.9 Å². The fraction of sp³-hybridized carbons (Fsp3) is 0.471. The number of halogens is 1. The van der Waals surface area contributed by atoms with Crippen molar-refractivity contribution in [2.45, 2.75) is 25.4 Å². The number of carbonyl (C=O) groups excluding carboxylic acids is 1. The molecular weight excluding hydrogens is 329 g/mol. The van der Waals surface area contributed by atoms with Crippen LogP contribution in [-0.4, -0.2) is 52.9 Å². The number of rotatable bonds is 7. The first-order chi connectivity index (χ1) is 12.1. The molecule has 1 fully saturated rings. The van der Waals surface area contributed by atoms with Crippen LogP contribution in [0.25, 0.3) is 11.0 Å². The summed E-state index contributed by atoms with van der Waals surface area (Å²) in [4.78, 5) is 21.2. The summed E-state index contributed by atoms with van der Waals surface area (Å²) in [5, 5.41) is 10.5. The fourth-order valence-corrected chi connectivity index (χ4v) is 2.89. The Hall–Kier alpha value is -2.48. The molecule has 3 heterocycles. The highest BCUT2D eigenvalue weighted by Gasteiger charge is 2.22. The third-order valence-corrected chi connectivity index (χ3v) is 4.22. The summed E-state index contributed by atoms with van der Waals surface area (Å²) in [5.41, 5.74) is 0.926. The highest BCUT2D eigenvalue weighted by Crippen LogP contribution is 2.29. The molecule has 1 N–H and O–H groups in total. The Morgan fingerprint density at radius 1 is 1.44 bits per heavy atom. The van der Waals surface area contributed by atoms with E-state index in [-0.39, 0.29) is 11.7 Å². The van der Waals surface area contributed by atoms with Crippen molar-refractivity contribution in [3.8, 4) is 5.88 Å². The summed E-state index contributed by atoms with van der Waals surface area (Å²) < 4.78 is 24.2. The Morgan fingerprint density at radius 2 is 2.28 bits per heavy atom. The van der Waals surface area contributed by atoms with Crippen LogP contribution in [0.2, 0.25) is 0 Å². The molecule has 0 bridgehead atoms. The number of fused-ring (bicyclic) bond motifs is 1. The SMILES string of the molecule is COc1ccc2ncc(F)c(C(O)CCCCN3CCOC3=O)c2n1. The second-order valence-electron chi connectivity index (χ2n) is 5.85. The number of hydrogen-bond acceptors (Lipinski definition) is 6. The maximum Gasteiger partial charge on any atom is 0.409 e. The Kier molecular flexibility index (Phi) is 5.28. The molecule has 0 aliphatic carbocycles. The van der Waals surface area contributed by atoms with Crippen molar-refractivity contribution >= 4 is 17.1 Å². The van der Waals surface area contributed by atoms with Crippen LogP contribution in [0.4, 0.5) is 9.18 Å². The molecule has 2 aromatic rings. The van der Waals surface area contributed by atoms with Crippen LogP contribution in [-0.2, 0) is 4.74 Å². The van der Waals surface area contributed by atoms with E-state index in [4.69, 9.17) is 9.47 Å². The van der Waals surface area contributed by atoms with Crippen LogP contribution >= 0.6 is 0 Å². The van der Waals surface area contributed by atoms with Gasteiger partial charge in [0.05, 0.1) is 31.5 Å². The molecule has 0 saturated carbocycles. The molecule has 134 valence electrons. The van der Waals surface area contributed by atoms with Crippen LogP contribution in [0.1, 0.15) is 30.9 Å². The topological polar surface area (TPSA) is 84.8 Å². The van der Waals surface area contributed by atoms with Crippen molar-refractivity contribution in [2.24, 2.45) is 0 Å². The van der Waals surface area contributed by atoms with Gasteiger partial charge in [0.2, 0.25) is 5.88 Å². The second kappa shape index (κ2) is 7.60. The normalized spacial score (nSPS) is 15.5. The predicted molar refractivity (Wildman–Crippen MR) is 87.8 cm³/mol. The fourth-order valence-electron chi connectivity index (χ4n) is 2.89. The van der Waals surface area contributed by atoms with Crippen LogP contribution in [0.3, 0.4) is 0 Å². The van der Waals surface area contributed by atoms with Gasteiger partial charge in [-0.3, -0.25) is 4.98 Å². The lowest BCUT2D eigenvalue weighted by Gasteiger charge is -2.15. The van der Waals surface area contributed by atoms with Gasteiger partial charge in [-0.2, -0.15) is 0 Å². The highest BCUT2D eigenvalue weighted by molar-refractivity contribution is 5.78. The number of cyclic esters (lactones) is 1. The van der Waals surface area contributed by atoms with Crippen LogP contribution in [0.5, 0.6) is 5.88 Å². The summed E-state index contributed by atoms with van der Waals surface area (Å²) in [6.07, 6.45) is 1.48. The van der Waals surface area contributed by atoms with Gasteiger partial charge in [0.25, 0.3) is 0 Å². The molecule has 1 atom stereocenters. The lowest BCUT2D eigenvalue weighted by atomic mass is 10.0. The molecule has 0 radical (unpaired) electrons. The van der Waals surface area contributed by atoms with E-state index in [1.807, 2.05) is 0 Å². The quantitative estimate of drug-likeness (QED) is 0.773. The zero-order valence-electron chi connectivity index (χ0n) is 13.9. The molecule has 1 amide bonds. The van der Waals surface area contributed by atoms with Crippen molar-refractivity contribution in [2.75, 3.05) is 26.8 Å². The van der Waals surface area contributed by atoms with Gasteiger partial charge in [-0.15, -0.1) is 0 Å². The first-order valence-electron chi connectivity index (χ1n) is 8.19. The minimum absolute atomic E-state index is 0.129. The third kappa shape index (κ3) is 3.79. The summed E-state index contributed by atoms with van der Waals surface area (Å²) >= 11 is 0. The monoisotopic (exact) mass is 349 g/mol. The largest absolute Gasteiger partial charge is 0.481 e. The molecule has 25 heavy (non-hydrogen) atoms. The Balaban J connectivity index is 1.67. The second-order valence-corrected chi connectivity index (χ2v) is 5.85. The summed E-state index contributed by atoms with van der Waals surface area (Å²) in [6, 6.07) is 3.31. The van der Waals surface area contributed by atoms with E-state index >= 15 is 0 Å². The van der Waals surface area contributed by atoms with Gasteiger partial charge in [0.15, 0.2) is 0 Å². The number of pyridine rings is 2. The molecule has 1 unspecified atom stereocenters. The van der Waals surface area contributed by atoms with E-state index in [0.29, 0.717) is 55.9 Å². The molecular formula is C17H20FN3O4. The summed E-state index contributed by atoms with van der Waals surface area (Å²) in [6.45, 7) is 1.58. The lowest BCUT2D eigenvalue weighted by Crippen LogP contribution is -2.25. The molecule has 0 spiro atoms. The zero-order valence-corrected chi connectivity index (χ0v) is 13.9. The van der Waals surface area contributed by atoms with Crippen molar-refractivity contribution in [3.05, 3.63) is 29.7 Å². The number of aromatic nitrogens is 2. The number of hydrogen-bond donors (Lipinski definition) is 1. The Morgan fingerprint density at radius 3 is 3.00 bits per heavy atom. The minimum Gasteiger partial charge on any atom is -0.481 e. The standard InChI is InChI=1S/C17H20FN3O4/c1-24-14-6-5-12-16(20-14)15(11(18)10-19-12)13(22)4-2-3-7-21-8-9-25-17(21)23/h5-6,10,13,22H,2-4,7-9H2,1H3. The zero-order chi connectivity index (χ0) is 17.8. The third-order valence-electron chi connectivity index (χ3n) is 4.22. The van der Waals surface area contributed by atoms with Gasteiger partial charge in [0.1, 0.15) is 17.9 Å². The molecule has 0 aromatic carbocycles. The number of unbranched alkanes of at least 4 members (excludes halogenated alkanes) is 1. The molecule has 8 heteroatoms. The number of amides is 1. The highest BCUT2D eigenvalue weighted by atomic mass is 19.1. The summed E-state index contributed by atoms with van der Waals surface area (Å²) in [5.74, 6) is -0.259. The number of ether oxygens (including phenoxy) is 2. The van der Waals surface area contributed by atoms with Crippen LogP contribution in [0.15, 0.2) is 18.3 Å². The lowest BCUT2D eigenvalue weighted by molar-refractivity contribution is 0.152. The smallest absolute Gasteiger partial charge is 0.409 e. The number of carbonyl (C=O) groups is 1. The first-order valence-corrected chi connectivity index (χ1v) is 8.19. The van der Waals surface area contributed by atoms with E-state index in [1.165, 1.54) is 7.11 Å². The number of aliphatic hydroxyl groups is 1. The Bertz CT molecular complexity index is 771. The molecule has 2 aromatic heterocycles. The van der Waals surface area contributed by atoms with Crippen molar-refractivity contribution < 1.29 is 23.8 Å². The average Bonchev–Trinajstić information content (AvgIpc) is 3.02. The van der Waals surface area contributed by atoms with Gasteiger partial charge in [-0.1, -0.05) is 0 Å². The predicted octanol–water partition coefficient (Wildman–Crippen LogP) is 2.43. The number of aliphatic hydroxyl groups excluding tert-OH is 1. The van der Waals surface area contributed by atoms with Gasteiger partial charge >= 0.3 is 6.09 Å². The van der Waals surface area contributed by atoms with E-state index in [1.54, 1.807) is 17.0 Å². The molecule has 3 rings (SSSR count). The number of nitrogens with zero attached hydrogens (tertiary/aromatic N) is 3. The van der Waals surface area contributed by atoms with E-state index in [0.717, 1.165) is 6.20 Å². The summed E-state index contributed by atoms with van der Waals surface area (Å²) in [7, 11) is 1.47. The van der Waals surface area contributed by atoms with E-state index in [2.05, 4.69) is 9.97 Å². The van der Waals surface area contributed by atoms with Crippen LogP contribution in [0, 0.1) is 5.82 Å². The van der Waals surface area contributed by atoms with Gasteiger partial charge in [-0.25, -0.2) is 14.2 Å². The maximum absolute atomic E-state index is 14.2. The average molecular weight is 349 g/mol. The number of methoxy groups -OCH3 is 1. The van der Waals surface area contributed by atoms with Gasteiger partial charge < -0.3 is 19.5 Å². The van der Waals surface area contributed by atoms with Gasteiger partial charge in [0, 0.05) is 18.2 Å². The molecule has 7 nitrogen and oxygen atoms in total. The Labute approximate surface area is 144 Å². The van der Waals surface area contributed by atoms with Gasteiger partial charge in [-0.05, 0) is 25.3 Å². The van der Waals surface area contributed by atoms with E-state index in [9.17, 15) is 14.3 Å². The van der Waals surface area contributed by atoms with Crippen LogP contribution < -0.4 is 4.74 Å². The van der Waals surface area contributed by atoms with E-state index < -0.39 is 11.9 Å². The van der Waals surface area contributed by atoms with Crippen molar-refractivity contribution in [1.29, 1.82) is 0 Å². The first kappa shape index (κ1) is 17.3. The maximum atomic E-state index is 14.2. The molecule has 1 aliphatic rings. The van der Waals surface area contributed by atoms with Crippen molar-refractivity contribution in [3.63, 3.8) is 0 Å².